The lowest BCUT2D eigenvalue weighted by Gasteiger charge is -2.21. The zero-order chi connectivity index (χ0) is 18.4. The highest BCUT2D eigenvalue weighted by Gasteiger charge is 2.21. The monoisotopic (exact) mass is 341 g/mol. The van der Waals surface area contributed by atoms with E-state index in [4.69, 9.17) is 9.47 Å². The van der Waals surface area contributed by atoms with E-state index in [2.05, 4.69) is 11.4 Å². The number of hydrogen-bond donors (Lipinski definition) is 1. The van der Waals surface area contributed by atoms with Gasteiger partial charge >= 0.3 is 0 Å². The maximum atomic E-state index is 12.6. The van der Waals surface area contributed by atoms with Crippen LogP contribution in [-0.2, 0) is 4.79 Å². The van der Waals surface area contributed by atoms with Crippen molar-refractivity contribution in [3.63, 3.8) is 0 Å². The highest BCUT2D eigenvalue weighted by atomic mass is 16.5. The van der Waals surface area contributed by atoms with E-state index in [1.165, 1.54) is 0 Å². The summed E-state index contributed by atoms with van der Waals surface area (Å²) < 4.78 is 11.1. The van der Waals surface area contributed by atoms with Gasteiger partial charge in [-0.1, -0.05) is 25.1 Å². The fourth-order valence-electron chi connectivity index (χ4n) is 2.77. The molecule has 0 fully saturated rings. The Morgan fingerprint density at radius 2 is 1.64 bits per heavy atom. The molecule has 0 saturated carbocycles. The van der Waals surface area contributed by atoms with Crippen LogP contribution in [0.2, 0.25) is 0 Å². The molecule has 2 atom stereocenters. The lowest BCUT2D eigenvalue weighted by Crippen LogP contribution is -2.39. The summed E-state index contributed by atoms with van der Waals surface area (Å²) in [4.78, 5) is 12.6. The Bertz CT molecular complexity index is 689. The summed E-state index contributed by atoms with van der Waals surface area (Å²) in [5.74, 6) is 1.42. The number of carbonyl (C=O) groups excluding carboxylic acids is 1. The van der Waals surface area contributed by atoms with Crippen LogP contribution in [0.3, 0.4) is 0 Å². The molecule has 0 unspecified atom stereocenters. The van der Waals surface area contributed by atoms with Gasteiger partial charge in [0, 0.05) is 0 Å². The number of rotatable bonds is 7. The number of methoxy groups -OCH3 is 1. The molecule has 0 saturated heterocycles. The molecule has 25 heavy (non-hydrogen) atoms. The maximum Gasteiger partial charge on any atom is 0.261 e. The zero-order valence-electron chi connectivity index (χ0n) is 15.6. The Morgan fingerprint density at radius 3 is 2.16 bits per heavy atom. The van der Waals surface area contributed by atoms with Gasteiger partial charge in [0.15, 0.2) is 6.10 Å². The number of carbonyl (C=O) groups is 1. The van der Waals surface area contributed by atoms with Crippen LogP contribution >= 0.6 is 0 Å². The molecule has 2 rings (SSSR count). The van der Waals surface area contributed by atoms with Crippen molar-refractivity contribution in [2.75, 3.05) is 7.11 Å². The normalized spacial score (nSPS) is 13.0. The minimum atomic E-state index is -0.512. The third kappa shape index (κ3) is 5.24. The molecule has 2 aromatic rings. The largest absolute Gasteiger partial charge is 0.497 e. The lowest BCUT2D eigenvalue weighted by atomic mass is 10.1. The van der Waals surface area contributed by atoms with Gasteiger partial charge in [-0.15, -0.1) is 0 Å². The summed E-state index contributed by atoms with van der Waals surface area (Å²) in [6.07, 6.45) is 0.0932. The number of amides is 1. The average Bonchev–Trinajstić information content (AvgIpc) is 2.58. The van der Waals surface area contributed by atoms with Gasteiger partial charge in [0.05, 0.1) is 13.2 Å². The van der Waals surface area contributed by atoms with E-state index in [9.17, 15) is 4.79 Å². The van der Waals surface area contributed by atoms with Crippen molar-refractivity contribution in [3.8, 4) is 11.5 Å². The third-order valence-corrected chi connectivity index (χ3v) is 4.11. The highest BCUT2D eigenvalue weighted by molar-refractivity contribution is 5.81. The number of aryl methyl sites for hydroxylation is 2. The van der Waals surface area contributed by atoms with Crippen molar-refractivity contribution in [3.05, 3.63) is 59.2 Å². The van der Waals surface area contributed by atoms with E-state index in [1.54, 1.807) is 7.11 Å². The molecule has 134 valence electrons. The van der Waals surface area contributed by atoms with Gasteiger partial charge in [-0.2, -0.15) is 0 Å². The summed E-state index contributed by atoms with van der Waals surface area (Å²) in [6, 6.07) is 13.6. The van der Waals surface area contributed by atoms with Crippen molar-refractivity contribution in [2.45, 2.75) is 46.3 Å². The lowest BCUT2D eigenvalue weighted by molar-refractivity contribution is -0.128. The van der Waals surface area contributed by atoms with Crippen LogP contribution in [0.4, 0.5) is 0 Å². The number of ether oxygens (including phenoxy) is 2. The van der Waals surface area contributed by atoms with Crippen molar-refractivity contribution >= 4 is 5.91 Å². The van der Waals surface area contributed by atoms with Crippen LogP contribution in [0.5, 0.6) is 11.5 Å². The summed E-state index contributed by atoms with van der Waals surface area (Å²) in [5.41, 5.74) is 3.27. The topological polar surface area (TPSA) is 47.6 Å². The van der Waals surface area contributed by atoms with Gasteiger partial charge in [-0.3, -0.25) is 4.79 Å². The first-order chi connectivity index (χ1) is 11.9. The first kappa shape index (κ1) is 18.8. The second-order valence-corrected chi connectivity index (χ2v) is 6.34. The summed E-state index contributed by atoms with van der Waals surface area (Å²) in [5, 5.41) is 3.03. The Hall–Kier alpha value is -2.49. The maximum absolute atomic E-state index is 12.6. The van der Waals surface area contributed by atoms with Crippen LogP contribution in [0.15, 0.2) is 42.5 Å². The van der Waals surface area contributed by atoms with Crippen molar-refractivity contribution < 1.29 is 14.3 Å². The molecular weight excluding hydrogens is 314 g/mol. The van der Waals surface area contributed by atoms with E-state index >= 15 is 0 Å². The molecule has 4 nitrogen and oxygen atoms in total. The Kier molecular flexibility index (Phi) is 6.45. The van der Waals surface area contributed by atoms with Gasteiger partial charge < -0.3 is 14.8 Å². The van der Waals surface area contributed by atoms with Crippen LogP contribution in [0.1, 0.15) is 43.0 Å². The molecular formula is C21H27NO3. The second kappa shape index (κ2) is 8.56. The van der Waals surface area contributed by atoms with Crippen LogP contribution < -0.4 is 14.8 Å². The minimum Gasteiger partial charge on any atom is -0.497 e. The van der Waals surface area contributed by atoms with Gasteiger partial charge in [-0.05, 0) is 68.1 Å². The summed E-state index contributed by atoms with van der Waals surface area (Å²) in [6.45, 7) is 7.95. The van der Waals surface area contributed by atoms with Gasteiger partial charge in [-0.25, -0.2) is 0 Å². The molecule has 4 heteroatoms. The van der Waals surface area contributed by atoms with Crippen LogP contribution in [0.25, 0.3) is 0 Å². The van der Waals surface area contributed by atoms with Gasteiger partial charge in [0.1, 0.15) is 11.5 Å². The third-order valence-electron chi connectivity index (χ3n) is 4.11. The number of benzene rings is 2. The molecule has 0 aliphatic heterocycles. The Labute approximate surface area is 150 Å². The first-order valence-electron chi connectivity index (χ1n) is 8.62. The molecule has 0 bridgehead atoms. The van der Waals surface area contributed by atoms with Gasteiger partial charge in [0.2, 0.25) is 0 Å². The Morgan fingerprint density at radius 1 is 1.04 bits per heavy atom. The molecule has 2 aromatic carbocycles. The van der Waals surface area contributed by atoms with Crippen molar-refractivity contribution in [1.82, 2.24) is 5.32 Å². The highest BCUT2D eigenvalue weighted by Crippen LogP contribution is 2.20. The van der Waals surface area contributed by atoms with Gasteiger partial charge in [0.25, 0.3) is 5.91 Å². The standard InChI is InChI=1S/C21H27NO3/c1-6-20(25-19-12-14(2)11-15(3)13-19)21(23)22-16(4)17-7-9-18(24-5)10-8-17/h7-13,16,20H,6H2,1-5H3,(H,22,23)/t16-,20-/m1/s1. The molecule has 0 aliphatic rings. The minimum absolute atomic E-state index is 0.102. The summed E-state index contributed by atoms with van der Waals surface area (Å²) >= 11 is 0. The second-order valence-electron chi connectivity index (χ2n) is 6.34. The molecule has 1 N–H and O–H groups in total. The quantitative estimate of drug-likeness (QED) is 0.814. The molecule has 0 spiro atoms. The molecule has 1 amide bonds. The van der Waals surface area contributed by atoms with E-state index in [-0.39, 0.29) is 11.9 Å². The van der Waals surface area contributed by atoms with E-state index in [1.807, 2.05) is 64.1 Å². The van der Waals surface area contributed by atoms with E-state index in [0.717, 1.165) is 28.2 Å². The van der Waals surface area contributed by atoms with Crippen molar-refractivity contribution in [1.29, 1.82) is 0 Å². The van der Waals surface area contributed by atoms with Crippen molar-refractivity contribution in [2.24, 2.45) is 0 Å². The number of hydrogen-bond acceptors (Lipinski definition) is 3. The zero-order valence-corrected chi connectivity index (χ0v) is 15.6. The SMILES string of the molecule is CC[C@@H](Oc1cc(C)cc(C)c1)C(=O)N[C@H](C)c1ccc(OC)cc1. The molecule has 0 heterocycles. The van der Waals surface area contributed by atoms with Crippen LogP contribution in [0, 0.1) is 13.8 Å². The Balaban J connectivity index is 2.03. The summed E-state index contributed by atoms with van der Waals surface area (Å²) in [7, 11) is 1.64. The molecule has 0 aliphatic carbocycles. The smallest absolute Gasteiger partial charge is 0.261 e. The fourth-order valence-corrected chi connectivity index (χ4v) is 2.77. The van der Waals surface area contributed by atoms with E-state index < -0.39 is 6.10 Å². The first-order valence-corrected chi connectivity index (χ1v) is 8.62. The number of nitrogens with one attached hydrogen (secondary N) is 1. The predicted molar refractivity (Wildman–Crippen MR) is 100 cm³/mol. The fraction of sp³-hybridized carbons (Fsp3) is 0.381. The van der Waals surface area contributed by atoms with E-state index in [0.29, 0.717) is 6.42 Å². The molecule has 0 radical (unpaired) electrons. The predicted octanol–water partition coefficient (Wildman–Crippen LogP) is 4.35. The average molecular weight is 341 g/mol. The van der Waals surface area contributed by atoms with Crippen LogP contribution in [-0.4, -0.2) is 19.1 Å². The molecule has 0 aromatic heterocycles.